The minimum atomic E-state index is 0.742. The molecule has 2 aromatic heterocycles. The van der Waals surface area contributed by atoms with Gasteiger partial charge in [-0.05, 0) is 18.0 Å². The van der Waals surface area contributed by atoms with Crippen LogP contribution in [0.2, 0.25) is 0 Å². The van der Waals surface area contributed by atoms with Crippen molar-refractivity contribution >= 4 is 17.5 Å². The van der Waals surface area contributed by atoms with Crippen LogP contribution in [0.5, 0.6) is 0 Å². The second kappa shape index (κ2) is 4.56. The van der Waals surface area contributed by atoms with Gasteiger partial charge in [-0.2, -0.15) is 0 Å². The number of hydrogen-bond donors (Lipinski definition) is 1. The van der Waals surface area contributed by atoms with Crippen LogP contribution in [0.4, 0.5) is 5.95 Å². The molecule has 0 saturated heterocycles. The van der Waals surface area contributed by atoms with Crippen molar-refractivity contribution in [2.24, 2.45) is 7.05 Å². The number of rotatable bonds is 4. The van der Waals surface area contributed by atoms with Crippen LogP contribution < -0.4 is 5.32 Å². The molecule has 2 aromatic rings. The molecule has 0 unspecified atom stereocenters. The van der Waals surface area contributed by atoms with Gasteiger partial charge in [0, 0.05) is 14.1 Å². The fraction of sp³-hybridized carbons (Fsp3) is 0.556. The summed E-state index contributed by atoms with van der Waals surface area (Å²) in [5, 5.41) is 15.3. The Morgan fingerprint density at radius 3 is 2.75 bits per heavy atom. The maximum Gasteiger partial charge on any atom is 0.224 e. The minimum Gasteiger partial charge on any atom is -0.357 e. The van der Waals surface area contributed by atoms with Gasteiger partial charge in [-0.1, -0.05) is 17.8 Å². The van der Waals surface area contributed by atoms with Crippen LogP contribution in [0.25, 0.3) is 10.7 Å². The molecule has 0 spiro atoms. The second-order valence-corrected chi connectivity index (χ2v) is 4.21. The summed E-state index contributed by atoms with van der Waals surface area (Å²) in [6, 6.07) is 0. The normalized spacial score (nSPS) is 10.7. The van der Waals surface area contributed by atoms with Crippen LogP contribution in [0.3, 0.4) is 0 Å². The molecule has 0 radical (unpaired) electrons. The van der Waals surface area contributed by atoms with Gasteiger partial charge in [0.1, 0.15) is 4.88 Å². The average Bonchev–Trinajstić information content (AvgIpc) is 2.85. The molecule has 2 rings (SSSR count). The molecule has 0 fully saturated rings. The highest BCUT2D eigenvalue weighted by Crippen LogP contribution is 2.26. The molecule has 2 heterocycles. The van der Waals surface area contributed by atoms with Gasteiger partial charge >= 0.3 is 0 Å². The summed E-state index contributed by atoms with van der Waals surface area (Å²) in [5.74, 6) is 1.56. The van der Waals surface area contributed by atoms with Crippen molar-refractivity contribution in [3.05, 3.63) is 5.69 Å². The molecule has 0 bridgehead atoms. The zero-order valence-corrected chi connectivity index (χ0v) is 10.4. The minimum absolute atomic E-state index is 0.742. The van der Waals surface area contributed by atoms with E-state index in [2.05, 4.69) is 32.0 Å². The van der Waals surface area contributed by atoms with Gasteiger partial charge in [-0.3, -0.25) is 4.57 Å². The van der Waals surface area contributed by atoms with E-state index in [0.717, 1.165) is 35.2 Å². The van der Waals surface area contributed by atoms with E-state index in [4.69, 9.17) is 0 Å². The molecule has 16 heavy (non-hydrogen) atoms. The van der Waals surface area contributed by atoms with Crippen LogP contribution in [0, 0.1) is 0 Å². The van der Waals surface area contributed by atoms with Crippen LogP contribution in [-0.4, -0.2) is 31.4 Å². The van der Waals surface area contributed by atoms with Crippen molar-refractivity contribution in [3.63, 3.8) is 0 Å². The summed E-state index contributed by atoms with van der Waals surface area (Å²) in [5.41, 5.74) is 1.01. The number of hydrogen-bond acceptors (Lipinski definition) is 6. The van der Waals surface area contributed by atoms with E-state index in [-0.39, 0.29) is 0 Å². The summed E-state index contributed by atoms with van der Waals surface area (Å²) in [6.07, 6.45) is 1.97. The Hall–Kier alpha value is -1.50. The Balaban J connectivity index is 2.42. The van der Waals surface area contributed by atoms with Crippen LogP contribution >= 0.6 is 11.5 Å². The Labute approximate surface area is 97.9 Å². The molecule has 0 aliphatic heterocycles. The highest BCUT2D eigenvalue weighted by atomic mass is 32.1. The molecule has 0 aromatic carbocycles. The molecular formula is C9H14N6S. The predicted molar refractivity (Wildman–Crippen MR) is 63.4 cm³/mol. The lowest BCUT2D eigenvalue weighted by Gasteiger charge is -2.01. The van der Waals surface area contributed by atoms with Gasteiger partial charge in [0.15, 0.2) is 5.82 Å². The zero-order valence-electron chi connectivity index (χ0n) is 9.56. The zero-order chi connectivity index (χ0) is 11.5. The van der Waals surface area contributed by atoms with Gasteiger partial charge in [0.2, 0.25) is 5.95 Å². The van der Waals surface area contributed by atoms with Crippen LogP contribution in [-0.2, 0) is 13.5 Å². The topological polar surface area (TPSA) is 68.5 Å². The quantitative estimate of drug-likeness (QED) is 0.870. The summed E-state index contributed by atoms with van der Waals surface area (Å²) >= 11 is 1.37. The van der Waals surface area contributed by atoms with Crippen molar-refractivity contribution in [3.8, 4) is 10.7 Å². The standard InChI is InChI=1S/C9H14N6S/c1-4-5-6-7(16-14-11-6)8-12-13-9(10-2)15(8)3/h4-5H2,1-3H3,(H,10,13). The van der Waals surface area contributed by atoms with Gasteiger partial charge < -0.3 is 5.32 Å². The first-order valence-corrected chi connectivity index (χ1v) is 5.94. The molecule has 0 atom stereocenters. The second-order valence-electron chi connectivity index (χ2n) is 3.45. The maximum atomic E-state index is 4.15. The molecule has 86 valence electrons. The van der Waals surface area contributed by atoms with Crippen LogP contribution in [0.15, 0.2) is 0 Å². The van der Waals surface area contributed by atoms with Crippen molar-refractivity contribution < 1.29 is 0 Å². The first-order valence-electron chi connectivity index (χ1n) is 5.16. The first-order chi connectivity index (χ1) is 7.77. The highest BCUT2D eigenvalue weighted by molar-refractivity contribution is 7.09. The van der Waals surface area contributed by atoms with Crippen molar-refractivity contribution in [2.45, 2.75) is 19.8 Å². The summed E-state index contributed by atoms with van der Waals surface area (Å²) in [6.45, 7) is 2.12. The Morgan fingerprint density at radius 1 is 1.31 bits per heavy atom. The summed E-state index contributed by atoms with van der Waals surface area (Å²) in [7, 11) is 3.75. The highest BCUT2D eigenvalue weighted by Gasteiger charge is 2.16. The predicted octanol–water partition coefficient (Wildman–Crippen LogP) is 1.33. The third kappa shape index (κ3) is 1.78. The summed E-state index contributed by atoms with van der Waals surface area (Å²) < 4.78 is 5.89. The third-order valence-electron chi connectivity index (χ3n) is 2.34. The van der Waals surface area contributed by atoms with E-state index in [1.807, 2.05) is 18.7 Å². The SMILES string of the molecule is CCCc1nnsc1-c1nnc(NC)n1C. The van der Waals surface area contributed by atoms with E-state index in [1.54, 1.807) is 0 Å². The van der Waals surface area contributed by atoms with Gasteiger partial charge in [-0.15, -0.1) is 15.3 Å². The van der Waals surface area contributed by atoms with Crippen molar-refractivity contribution in [1.82, 2.24) is 24.4 Å². The van der Waals surface area contributed by atoms with Gasteiger partial charge in [0.25, 0.3) is 0 Å². The van der Waals surface area contributed by atoms with Crippen molar-refractivity contribution in [1.29, 1.82) is 0 Å². The fourth-order valence-electron chi connectivity index (χ4n) is 1.52. The lowest BCUT2D eigenvalue weighted by atomic mass is 10.2. The number of aryl methyl sites for hydroxylation is 1. The third-order valence-corrected chi connectivity index (χ3v) is 3.11. The molecular weight excluding hydrogens is 224 g/mol. The largest absolute Gasteiger partial charge is 0.357 e. The Bertz CT molecular complexity index is 474. The average molecular weight is 238 g/mol. The number of nitrogens with one attached hydrogen (secondary N) is 1. The lowest BCUT2D eigenvalue weighted by molar-refractivity contribution is 0.863. The first kappa shape index (κ1) is 11.0. The van der Waals surface area contributed by atoms with Crippen LogP contribution in [0.1, 0.15) is 19.0 Å². The maximum absolute atomic E-state index is 4.15. The molecule has 0 saturated carbocycles. The van der Waals surface area contributed by atoms with E-state index in [9.17, 15) is 0 Å². The Morgan fingerprint density at radius 2 is 2.12 bits per heavy atom. The van der Waals surface area contributed by atoms with Gasteiger partial charge in [-0.25, -0.2) is 0 Å². The molecule has 6 nitrogen and oxygen atoms in total. The lowest BCUT2D eigenvalue weighted by Crippen LogP contribution is -2.00. The molecule has 0 amide bonds. The van der Waals surface area contributed by atoms with E-state index in [1.165, 1.54) is 11.5 Å². The Kier molecular flexibility index (Phi) is 3.14. The smallest absolute Gasteiger partial charge is 0.224 e. The van der Waals surface area contributed by atoms with E-state index < -0.39 is 0 Å². The number of aromatic nitrogens is 5. The van der Waals surface area contributed by atoms with E-state index >= 15 is 0 Å². The molecule has 7 heteroatoms. The monoisotopic (exact) mass is 238 g/mol. The summed E-state index contributed by atoms with van der Waals surface area (Å²) in [4.78, 5) is 1.01. The molecule has 1 N–H and O–H groups in total. The number of nitrogens with zero attached hydrogens (tertiary/aromatic N) is 5. The van der Waals surface area contributed by atoms with Gasteiger partial charge in [0.05, 0.1) is 5.69 Å². The molecule has 0 aliphatic carbocycles. The molecule has 0 aliphatic rings. The van der Waals surface area contributed by atoms with Crippen molar-refractivity contribution in [2.75, 3.05) is 12.4 Å². The fourth-order valence-corrected chi connectivity index (χ4v) is 2.25. The van der Waals surface area contributed by atoms with E-state index in [0.29, 0.717) is 0 Å². The number of anilines is 1.